The second-order valence-electron chi connectivity index (χ2n) is 3.78. The highest BCUT2D eigenvalue weighted by Gasteiger charge is 2.01. The lowest BCUT2D eigenvalue weighted by Crippen LogP contribution is -1.98. The quantitative estimate of drug-likeness (QED) is 0.870. The van der Waals surface area contributed by atoms with E-state index in [0.717, 1.165) is 22.0 Å². The molecule has 0 spiro atoms. The van der Waals surface area contributed by atoms with Gasteiger partial charge in [-0.2, -0.15) is 0 Å². The fourth-order valence-corrected chi connectivity index (χ4v) is 2.20. The van der Waals surface area contributed by atoms with Gasteiger partial charge in [-0.3, -0.25) is 0 Å². The second kappa shape index (κ2) is 6.49. The fraction of sp³-hybridized carbons (Fsp3) is 0.308. The highest BCUT2D eigenvalue weighted by molar-refractivity contribution is 7.09. The van der Waals surface area contributed by atoms with Crippen LogP contribution in [0.15, 0.2) is 29.6 Å². The predicted octanol–water partition coefficient (Wildman–Crippen LogP) is 2.33. The summed E-state index contributed by atoms with van der Waals surface area (Å²) in [6, 6.07) is 7.84. The minimum Gasteiger partial charge on any atom is -0.497 e. The minimum atomic E-state index is 0.487. The number of methoxy groups -OCH3 is 1. The lowest BCUT2D eigenvalue weighted by atomic mass is 10.2. The van der Waals surface area contributed by atoms with Gasteiger partial charge < -0.3 is 15.2 Å². The average Bonchev–Trinajstić information content (AvgIpc) is 2.87. The van der Waals surface area contributed by atoms with E-state index in [9.17, 15) is 0 Å². The maximum absolute atomic E-state index is 5.61. The van der Waals surface area contributed by atoms with E-state index in [4.69, 9.17) is 15.2 Å². The molecule has 1 aromatic heterocycles. The molecule has 0 radical (unpaired) electrons. The van der Waals surface area contributed by atoms with Crippen molar-refractivity contribution in [1.29, 1.82) is 0 Å². The molecule has 0 saturated carbocycles. The first-order valence-corrected chi connectivity index (χ1v) is 6.54. The van der Waals surface area contributed by atoms with Gasteiger partial charge in [0.05, 0.1) is 26.0 Å². The number of hydrogen-bond acceptors (Lipinski definition) is 5. The van der Waals surface area contributed by atoms with Crippen LogP contribution >= 0.6 is 11.3 Å². The van der Waals surface area contributed by atoms with E-state index < -0.39 is 0 Å². The Morgan fingerprint density at radius 3 is 2.94 bits per heavy atom. The molecule has 0 saturated heterocycles. The molecule has 0 amide bonds. The molecule has 1 heterocycles. The standard InChI is InChI=1S/C13H16N2O2S/c1-16-12-4-2-3-10(5-12)7-17-8-11-9-18-13(6-14)15-11/h2-5,9H,6-8,14H2,1H3. The molecule has 0 unspecified atom stereocenters. The van der Waals surface area contributed by atoms with Crippen LogP contribution in [0, 0.1) is 0 Å². The molecule has 5 heteroatoms. The Morgan fingerprint density at radius 2 is 2.22 bits per heavy atom. The molecule has 0 bridgehead atoms. The van der Waals surface area contributed by atoms with Crippen LogP contribution in [0.25, 0.3) is 0 Å². The molecular formula is C13H16N2O2S. The van der Waals surface area contributed by atoms with Crippen molar-refractivity contribution < 1.29 is 9.47 Å². The molecule has 96 valence electrons. The number of thiazole rings is 1. The van der Waals surface area contributed by atoms with E-state index in [1.807, 2.05) is 29.6 Å². The van der Waals surface area contributed by atoms with Gasteiger partial charge in [-0.25, -0.2) is 4.98 Å². The van der Waals surface area contributed by atoms with Gasteiger partial charge >= 0.3 is 0 Å². The van der Waals surface area contributed by atoms with E-state index >= 15 is 0 Å². The van der Waals surface area contributed by atoms with Gasteiger partial charge in [0.25, 0.3) is 0 Å². The summed E-state index contributed by atoms with van der Waals surface area (Å²) in [5.74, 6) is 0.843. The average molecular weight is 264 g/mol. The van der Waals surface area contributed by atoms with E-state index in [2.05, 4.69) is 4.98 Å². The van der Waals surface area contributed by atoms with Crippen LogP contribution in [-0.4, -0.2) is 12.1 Å². The zero-order valence-corrected chi connectivity index (χ0v) is 11.1. The fourth-order valence-electron chi connectivity index (χ4n) is 1.54. The van der Waals surface area contributed by atoms with E-state index in [-0.39, 0.29) is 0 Å². The highest BCUT2D eigenvalue weighted by atomic mass is 32.1. The minimum absolute atomic E-state index is 0.487. The number of nitrogens with zero attached hydrogens (tertiary/aromatic N) is 1. The summed E-state index contributed by atoms with van der Waals surface area (Å²) in [5.41, 5.74) is 7.53. The normalized spacial score (nSPS) is 10.6. The number of aromatic nitrogens is 1. The van der Waals surface area contributed by atoms with Crippen molar-refractivity contribution in [2.75, 3.05) is 7.11 Å². The van der Waals surface area contributed by atoms with Gasteiger partial charge in [0, 0.05) is 11.9 Å². The van der Waals surface area contributed by atoms with Crippen molar-refractivity contribution in [2.24, 2.45) is 5.73 Å². The molecule has 0 atom stereocenters. The van der Waals surface area contributed by atoms with Crippen molar-refractivity contribution in [3.63, 3.8) is 0 Å². The first-order valence-electron chi connectivity index (χ1n) is 5.66. The van der Waals surface area contributed by atoms with Crippen LogP contribution in [0.1, 0.15) is 16.3 Å². The lowest BCUT2D eigenvalue weighted by molar-refractivity contribution is 0.105. The summed E-state index contributed by atoms with van der Waals surface area (Å²) in [6.07, 6.45) is 0. The van der Waals surface area contributed by atoms with Crippen molar-refractivity contribution in [1.82, 2.24) is 4.98 Å². The Bertz CT molecular complexity index is 499. The molecule has 2 rings (SSSR count). The first-order chi connectivity index (χ1) is 8.81. The van der Waals surface area contributed by atoms with E-state index in [1.165, 1.54) is 0 Å². The Morgan fingerprint density at radius 1 is 1.33 bits per heavy atom. The van der Waals surface area contributed by atoms with E-state index in [1.54, 1.807) is 18.4 Å². The number of hydrogen-bond donors (Lipinski definition) is 1. The topological polar surface area (TPSA) is 57.4 Å². The summed E-state index contributed by atoms with van der Waals surface area (Å²) in [5, 5.41) is 2.92. The Hall–Kier alpha value is -1.43. The smallest absolute Gasteiger partial charge is 0.119 e. The van der Waals surface area contributed by atoms with Gasteiger partial charge in [-0.1, -0.05) is 12.1 Å². The van der Waals surface area contributed by atoms with Gasteiger partial charge in [-0.15, -0.1) is 11.3 Å². The molecule has 4 nitrogen and oxygen atoms in total. The van der Waals surface area contributed by atoms with Gasteiger partial charge in [0.1, 0.15) is 10.8 Å². The lowest BCUT2D eigenvalue weighted by Gasteiger charge is -2.05. The maximum atomic E-state index is 5.61. The van der Waals surface area contributed by atoms with Gasteiger partial charge in [0.2, 0.25) is 0 Å². The van der Waals surface area contributed by atoms with Gasteiger partial charge in [-0.05, 0) is 17.7 Å². The van der Waals surface area contributed by atoms with Crippen LogP contribution in [-0.2, 0) is 24.5 Å². The van der Waals surface area contributed by atoms with Crippen LogP contribution in [0.4, 0.5) is 0 Å². The molecule has 0 aliphatic heterocycles. The van der Waals surface area contributed by atoms with Crippen molar-refractivity contribution in [3.8, 4) is 5.75 Å². The molecular weight excluding hydrogens is 248 g/mol. The third-order valence-electron chi connectivity index (χ3n) is 2.43. The summed E-state index contributed by atoms with van der Waals surface area (Å²) < 4.78 is 10.8. The maximum Gasteiger partial charge on any atom is 0.119 e. The van der Waals surface area contributed by atoms with Crippen molar-refractivity contribution in [3.05, 3.63) is 45.9 Å². The number of benzene rings is 1. The Kier molecular flexibility index (Phi) is 4.69. The summed E-state index contributed by atoms with van der Waals surface area (Å²) in [6.45, 7) is 1.54. The summed E-state index contributed by atoms with van der Waals surface area (Å²) in [7, 11) is 1.66. The van der Waals surface area contributed by atoms with E-state index in [0.29, 0.717) is 19.8 Å². The van der Waals surface area contributed by atoms with Crippen LogP contribution in [0.2, 0.25) is 0 Å². The van der Waals surface area contributed by atoms with Crippen LogP contribution < -0.4 is 10.5 Å². The third kappa shape index (κ3) is 3.53. The molecule has 1 aromatic carbocycles. The third-order valence-corrected chi connectivity index (χ3v) is 3.35. The predicted molar refractivity (Wildman–Crippen MR) is 71.5 cm³/mol. The Labute approximate surface area is 110 Å². The second-order valence-corrected chi connectivity index (χ2v) is 4.72. The molecule has 0 aliphatic carbocycles. The number of rotatable bonds is 6. The SMILES string of the molecule is COc1cccc(COCc2csc(CN)n2)c1. The monoisotopic (exact) mass is 264 g/mol. The highest BCUT2D eigenvalue weighted by Crippen LogP contribution is 2.14. The first kappa shape index (κ1) is 13.0. The number of nitrogens with two attached hydrogens (primary N) is 1. The molecule has 0 aliphatic rings. The van der Waals surface area contributed by atoms with Crippen molar-refractivity contribution in [2.45, 2.75) is 19.8 Å². The number of ether oxygens (including phenoxy) is 2. The molecule has 2 N–H and O–H groups in total. The van der Waals surface area contributed by atoms with Crippen LogP contribution in [0.3, 0.4) is 0 Å². The zero-order chi connectivity index (χ0) is 12.8. The van der Waals surface area contributed by atoms with Gasteiger partial charge in [0.15, 0.2) is 0 Å². The summed E-state index contributed by atoms with van der Waals surface area (Å²) >= 11 is 1.57. The molecule has 0 fully saturated rings. The summed E-state index contributed by atoms with van der Waals surface area (Å²) in [4.78, 5) is 4.34. The van der Waals surface area contributed by atoms with Crippen LogP contribution in [0.5, 0.6) is 5.75 Å². The molecule has 18 heavy (non-hydrogen) atoms. The van der Waals surface area contributed by atoms with Crippen molar-refractivity contribution >= 4 is 11.3 Å². The molecule has 2 aromatic rings. The Balaban J connectivity index is 1.84. The zero-order valence-electron chi connectivity index (χ0n) is 10.3. The largest absolute Gasteiger partial charge is 0.497 e.